The van der Waals surface area contributed by atoms with Crippen molar-refractivity contribution in [3.63, 3.8) is 0 Å². The summed E-state index contributed by atoms with van der Waals surface area (Å²) in [5.74, 6) is -0.232. The van der Waals surface area contributed by atoms with Crippen molar-refractivity contribution >= 4 is 28.3 Å². The first-order valence-corrected chi connectivity index (χ1v) is 10.4. The summed E-state index contributed by atoms with van der Waals surface area (Å²) in [5, 5.41) is 3.68. The summed E-state index contributed by atoms with van der Waals surface area (Å²) in [6.45, 7) is 1.97. The lowest BCUT2D eigenvalue weighted by Gasteiger charge is -2.09. The molecule has 164 valence electrons. The Kier molecular flexibility index (Phi) is 6.26. The smallest absolute Gasteiger partial charge is 0.256 e. The monoisotopic (exact) mass is 438 g/mol. The molecular weight excluding hydrogens is 415 g/mol. The van der Waals surface area contributed by atoms with Crippen LogP contribution in [0.25, 0.3) is 27.7 Å². The summed E-state index contributed by atoms with van der Waals surface area (Å²) in [4.78, 5) is 21.5. The van der Waals surface area contributed by atoms with Crippen LogP contribution in [0.15, 0.2) is 90.1 Å². The van der Waals surface area contributed by atoms with Crippen LogP contribution in [0.5, 0.6) is 0 Å². The Hall–Kier alpha value is -4.32. The van der Waals surface area contributed by atoms with Crippen molar-refractivity contribution in [3.05, 3.63) is 108 Å². The molecule has 33 heavy (non-hydrogen) atoms. The second-order valence-corrected chi connectivity index (χ2v) is 7.62. The first kappa shape index (κ1) is 21.9. The van der Waals surface area contributed by atoms with E-state index in [1.54, 1.807) is 43.6 Å². The minimum atomic E-state index is -0.309. The molecule has 0 bridgehead atoms. The van der Waals surface area contributed by atoms with Crippen LogP contribution >= 0.6 is 0 Å². The number of amidine groups is 1. The Labute approximate surface area is 191 Å². The molecule has 0 aliphatic heterocycles. The van der Waals surface area contributed by atoms with Gasteiger partial charge in [0.15, 0.2) is 0 Å². The highest BCUT2D eigenvalue weighted by Gasteiger charge is 2.11. The van der Waals surface area contributed by atoms with Crippen LogP contribution in [0, 0.1) is 12.7 Å². The largest absolute Gasteiger partial charge is 0.398 e. The molecule has 0 unspecified atom stereocenters. The van der Waals surface area contributed by atoms with Gasteiger partial charge in [0.1, 0.15) is 11.7 Å². The van der Waals surface area contributed by atoms with E-state index in [0.29, 0.717) is 22.6 Å². The number of aliphatic imine (C=N–C) groups is 1. The lowest BCUT2D eigenvalue weighted by molar-refractivity contribution is 0.0977. The maximum absolute atomic E-state index is 13.2. The van der Waals surface area contributed by atoms with Gasteiger partial charge in [0.25, 0.3) is 5.91 Å². The third-order valence-corrected chi connectivity index (χ3v) is 5.35. The van der Waals surface area contributed by atoms with Crippen LogP contribution in [0.4, 0.5) is 4.39 Å². The average molecular weight is 439 g/mol. The SMILES string of the molecule is CN=C(/C=C(\N)c1ccccc1C)NC(=O)c1ccc2cc(-c3ccc(F)cc3)cnc2c1. The fourth-order valence-corrected chi connectivity index (χ4v) is 3.53. The molecule has 3 aromatic carbocycles. The van der Waals surface area contributed by atoms with Crippen LogP contribution in [0.3, 0.4) is 0 Å². The fraction of sp³-hybridized carbons (Fsp3) is 0.0741. The molecule has 0 aliphatic rings. The highest BCUT2D eigenvalue weighted by molar-refractivity contribution is 6.12. The molecule has 1 aromatic heterocycles. The lowest BCUT2D eigenvalue weighted by Crippen LogP contribution is -2.29. The third kappa shape index (κ3) is 4.96. The van der Waals surface area contributed by atoms with E-state index in [-0.39, 0.29) is 11.7 Å². The summed E-state index contributed by atoms with van der Waals surface area (Å²) in [6, 6.07) is 21.3. The van der Waals surface area contributed by atoms with E-state index in [0.717, 1.165) is 27.6 Å². The minimum Gasteiger partial charge on any atom is -0.398 e. The predicted octanol–water partition coefficient (Wildman–Crippen LogP) is 5.11. The van der Waals surface area contributed by atoms with Crippen molar-refractivity contribution in [2.45, 2.75) is 6.92 Å². The standard InChI is InChI=1S/C27H23FN4O/c1-17-5-3-4-6-23(17)24(29)15-26(30-2)32-27(33)20-8-7-19-13-21(16-31-25(19)14-20)18-9-11-22(28)12-10-18/h3-16H,29H2,1-2H3,(H,30,32,33)/b24-15-. The molecule has 3 N–H and O–H groups in total. The number of rotatable bonds is 4. The second kappa shape index (κ2) is 9.44. The quantitative estimate of drug-likeness (QED) is 0.343. The van der Waals surface area contributed by atoms with Crippen LogP contribution in [0.1, 0.15) is 21.5 Å². The zero-order chi connectivity index (χ0) is 23.4. The van der Waals surface area contributed by atoms with Gasteiger partial charge in [-0.15, -0.1) is 0 Å². The van der Waals surface area contributed by atoms with Gasteiger partial charge in [0.2, 0.25) is 0 Å². The molecule has 1 amide bonds. The van der Waals surface area contributed by atoms with E-state index >= 15 is 0 Å². The van der Waals surface area contributed by atoms with E-state index in [1.807, 2.05) is 43.3 Å². The van der Waals surface area contributed by atoms with Crippen LogP contribution in [0.2, 0.25) is 0 Å². The molecule has 4 aromatic rings. The molecule has 0 radical (unpaired) electrons. The molecule has 0 fully saturated rings. The number of pyridine rings is 1. The summed E-state index contributed by atoms with van der Waals surface area (Å²) in [7, 11) is 1.59. The number of carbonyl (C=O) groups is 1. The zero-order valence-corrected chi connectivity index (χ0v) is 18.3. The number of halogens is 1. The fourth-order valence-electron chi connectivity index (χ4n) is 3.53. The summed E-state index contributed by atoms with van der Waals surface area (Å²) in [5.41, 5.74) is 11.5. The second-order valence-electron chi connectivity index (χ2n) is 7.62. The van der Waals surface area contributed by atoms with Crippen LogP contribution < -0.4 is 11.1 Å². The number of hydrogen-bond acceptors (Lipinski definition) is 4. The van der Waals surface area contributed by atoms with Gasteiger partial charge in [-0.1, -0.05) is 42.5 Å². The van der Waals surface area contributed by atoms with E-state index < -0.39 is 0 Å². The molecule has 5 nitrogen and oxygen atoms in total. The van der Waals surface area contributed by atoms with Gasteiger partial charge >= 0.3 is 0 Å². The Bertz CT molecular complexity index is 1390. The molecule has 0 atom stereocenters. The molecule has 0 saturated heterocycles. The van der Waals surface area contributed by atoms with Gasteiger partial charge in [-0.3, -0.25) is 14.8 Å². The Morgan fingerprint density at radius 2 is 1.79 bits per heavy atom. The number of amides is 1. The van der Waals surface area contributed by atoms with Gasteiger partial charge in [-0.05, 0) is 48.4 Å². The van der Waals surface area contributed by atoms with Gasteiger partial charge in [0.05, 0.1) is 5.52 Å². The number of aryl methyl sites for hydroxylation is 1. The number of carbonyl (C=O) groups excluding carboxylic acids is 1. The number of nitrogens with zero attached hydrogens (tertiary/aromatic N) is 2. The first-order valence-electron chi connectivity index (χ1n) is 10.4. The number of nitrogens with two attached hydrogens (primary N) is 1. The normalized spacial score (nSPS) is 12.1. The Balaban J connectivity index is 1.55. The molecule has 0 aliphatic carbocycles. The topological polar surface area (TPSA) is 80.4 Å². The molecule has 0 spiro atoms. The van der Waals surface area contributed by atoms with Crippen molar-refractivity contribution in [3.8, 4) is 11.1 Å². The van der Waals surface area contributed by atoms with Gasteiger partial charge in [-0.25, -0.2) is 4.39 Å². The van der Waals surface area contributed by atoms with Crippen molar-refractivity contribution in [2.75, 3.05) is 7.05 Å². The van der Waals surface area contributed by atoms with Gasteiger partial charge in [0, 0.05) is 47.1 Å². The summed E-state index contributed by atoms with van der Waals surface area (Å²) in [6.07, 6.45) is 3.36. The Morgan fingerprint density at radius 3 is 2.52 bits per heavy atom. The predicted molar refractivity (Wildman–Crippen MR) is 131 cm³/mol. The van der Waals surface area contributed by atoms with Crippen molar-refractivity contribution in [1.29, 1.82) is 0 Å². The van der Waals surface area contributed by atoms with Crippen molar-refractivity contribution < 1.29 is 9.18 Å². The van der Waals surface area contributed by atoms with Crippen molar-refractivity contribution in [2.24, 2.45) is 10.7 Å². The minimum absolute atomic E-state index is 0.284. The highest BCUT2D eigenvalue weighted by Crippen LogP contribution is 2.24. The number of hydrogen-bond donors (Lipinski definition) is 2. The molecule has 4 rings (SSSR count). The zero-order valence-electron chi connectivity index (χ0n) is 18.3. The lowest BCUT2D eigenvalue weighted by atomic mass is 10.0. The Morgan fingerprint density at radius 1 is 1.03 bits per heavy atom. The molecule has 6 heteroatoms. The van der Waals surface area contributed by atoms with Gasteiger partial charge in [-0.2, -0.15) is 0 Å². The van der Waals surface area contributed by atoms with E-state index in [9.17, 15) is 9.18 Å². The van der Waals surface area contributed by atoms with E-state index in [4.69, 9.17) is 5.73 Å². The number of nitrogens with one attached hydrogen (secondary N) is 1. The van der Waals surface area contributed by atoms with E-state index in [2.05, 4.69) is 15.3 Å². The van der Waals surface area contributed by atoms with E-state index in [1.165, 1.54) is 12.1 Å². The first-order chi connectivity index (χ1) is 15.9. The molecule has 1 heterocycles. The molecular formula is C27H23FN4O. The highest BCUT2D eigenvalue weighted by atomic mass is 19.1. The average Bonchev–Trinajstić information content (AvgIpc) is 2.83. The number of aromatic nitrogens is 1. The summed E-state index contributed by atoms with van der Waals surface area (Å²) < 4.78 is 13.2. The molecule has 0 saturated carbocycles. The van der Waals surface area contributed by atoms with Crippen LogP contribution in [-0.4, -0.2) is 23.8 Å². The van der Waals surface area contributed by atoms with Crippen LogP contribution in [-0.2, 0) is 0 Å². The van der Waals surface area contributed by atoms with Crippen molar-refractivity contribution in [1.82, 2.24) is 10.3 Å². The maximum Gasteiger partial charge on any atom is 0.256 e. The maximum atomic E-state index is 13.2. The third-order valence-electron chi connectivity index (χ3n) is 5.35. The van der Waals surface area contributed by atoms with Gasteiger partial charge < -0.3 is 11.1 Å². The number of benzene rings is 3. The summed E-state index contributed by atoms with van der Waals surface area (Å²) >= 11 is 0. The number of fused-ring (bicyclic) bond motifs is 1.